The van der Waals surface area contributed by atoms with Gasteiger partial charge in [0.2, 0.25) is 0 Å². The van der Waals surface area contributed by atoms with E-state index in [0.29, 0.717) is 0 Å². The van der Waals surface area contributed by atoms with Crippen LogP contribution >= 0.6 is 0 Å². The third kappa shape index (κ3) is 26.9. The Kier molecular flexibility index (Phi) is 35.4. The summed E-state index contributed by atoms with van der Waals surface area (Å²) in [5, 5.41) is 17.9. The van der Waals surface area contributed by atoms with Crippen molar-refractivity contribution < 1.29 is 100 Å². The van der Waals surface area contributed by atoms with E-state index in [1.165, 1.54) is 84.2 Å². The summed E-state index contributed by atoms with van der Waals surface area (Å²) in [6.45, 7) is 14.1. The van der Waals surface area contributed by atoms with Crippen molar-refractivity contribution in [1.29, 1.82) is 0 Å². The summed E-state index contributed by atoms with van der Waals surface area (Å²) in [6, 6.07) is 84.7. The molecule has 12 heteroatoms. The van der Waals surface area contributed by atoms with Gasteiger partial charge in [0.15, 0.2) is 11.6 Å². The zero-order valence-electron chi connectivity index (χ0n) is 49.6. The molecule has 4 radical (unpaired) electrons. The number of aromatic nitrogens is 4. The molecule has 11 aromatic rings. The van der Waals surface area contributed by atoms with E-state index in [4.69, 9.17) is 15.2 Å². The van der Waals surface area contributed by atoms with Gasteiger partial charge in [0, 0.05) is 111 Å². The fourth-order valence-electron chi connectivity index (χ4n) is 8.31. The second kappa shape index (κ2) is 40.7. The van der Waals surface area contributed by atoms with E-state index in [1.54, 1.807) is 6.20 Å². The van der Waals surface area contributed by atoms with Crippen molar-refractivity contribution in [3.63, 3.8) is 0 Å². The van der Waals surface area contributed by atoms with E-state index in [0.717, 1.165) is 62.5 Å². The molecule has 0 aliphatic rings. The largest absolute Gasteiger partial charge is 0.512 e. The number of aliphatic hydroxyl groups is 2. The Morgan fingerprint density at radius 2 is 0.977 bits per heavy atom. The maximum absolute atomic E-state index is 10.0. The number of allylic oxidation sites excluding steroid dienone is 4. The number of nitrogens with zero attached hydrogens (tertiary/aromatic N) is 4. The van der Waals surface area contributed by atoms with E-state index >= 15 is 0 Å². The van der Waals surface area contributed by atoms with Gasteiger partial charge in [-0.1, -0.05) is 141 Å². The molecular formula is C75H68Ir4N4O4-4. The summed E-state index contributed by atoms with van der Waals surface area (Å²) < 4.78 is 0. The first-order valence-electron chi connectivity index (χ1n) is 27.2. The monoisotopic (exact) mass is 1860 g/mol. The molecule has 11 rings (SSSR count). The Morgan fingerprint density at radius 3 is 1.55 bits per heavy atom. The number of aryl methyl sites for hydroxylation is 4. The van der Waals surface area contributed by atoms with Gasteiger partial charge in [-0.3, -0.25) is 14.6 Å². The smallest absolute Gasteiger partial charge is 0.155 e. The Balaban J connectivity index is 0.000000367. The van der Waals surface area contributed by atoms with Crippen LogP contribution in [-0.2, 0) is 96.4 Å². The van der Waals surface area contributed by atoms with Gasteiger partial charge >= 0.3 is 0 Å². The quantitative estimate of drug-likeness (QED) is 0.0831. The second-order valence-corrected chi connectivity index (χ2v) is 19.3. The Hall–Kier alpha value is -7.58. The van der Waals surface area contributed by atoms with E-state index in [9.17, 15) is 9.59 Å². The van der Waals surface area contributed by atoms with Gasteiger partial charge in [0.25, 0.3) is 0 Å². The second-order valence-electron chi connectivity index (χ2n) is 19.3. The van der Waals surface area contributed by atoms with Crippen LogP contribution in [0.15, 0.2) is 255 Å². The number of hydrogen-bond donors (Lipinski definition) is 2. The number of benzene rings is 7. The van der Waals surface area contributed by atoms with Crippen LogP contribution < -0.4 is 0 Å². The first kappa shape index (κ1) is 75.5. The Labute approximate surface area is 567 Å². The zero-order chi connectivity index (χ0) is 59.3. The number of para-hydroxylation sites is 1. The number of carbonyl (C=O) groups is 2. The number of pyridine rings is 4. The van der Waals surface area contributed by atoms with Crippen LogP contribution in [0.4, 0.5) is 0 Å². The topological polar surface area (TPSA) is 126 Å². The number of aliphatic hydroxyl groups excluding tert-OH is 2. The Morgan fingerprint density at radius 1 is 0.425 bits per heavy atom. The first-order chi connectivity index (χ1) is 40.1. The minimum atomic E-state index is -0.125. The zero-order valence-corrected chi connectivity index (χ0v) is 59.2. The van der Waals surface area contributed by atoms with Crippen molar-refractivity contribution in [2.24, 2.45) is 0 Å². The Bertz CT molecular complexity index is 3790. The molecule has 0 atom stereocenters. The molecule has 4 heterocycles. The van der Waals surface area contributed by atoms with Crippen LogP contribution in [-0.4, -0.2) is 41.7 Å². The number of rotatable bonds is 9. The first-order valence-corrected chi connectivity index (χ1v) is 27.2. The standard InChI is InChI=1S/C19H16N.C18H14N.C17H14N.C11H8N.2C5H8O2.4Ir/c1-2-15-11-12-20-19(13-15)18-10-6-9-17(14-18)16-7-4-3-5-8-16;1-14-6-5-9-16(12-14)17-10-11-19-18(13-17)15-7-3-2-4-8-15;1-12-9-13(2)11-15(10-12)17-8-7-14-5-3-4-6-16(14)18-17;1-2-6-10(7-3-1)11-8-4-5-9-12-11;2*1-4(6)3-5(2)7;;;;/h3-9,11-14H,2H2,1H3;2-7,9-13H,1H3;3-10H,1-2H3;1-6,8-9H;2*3,6H,1-2H3;;;;/q4*-1;;;;;;. The van der Waals surface area contributed by atoms with Gasteiger partial charge in [-0.05, 0) is 110 Å². The maximum atomic E-state index is 10.0. The van der Waals surface area contributed by atoms with Gasteiger partial charge in [-0.2, -0.15) is 0 Å². The summed E-state index contributed by atoms with van der Waals surface area (Å²) in [5.74, 6) is -0.125. The minimum absolute atomic E-state index is 0. The average molecular weight is 1860 g/mol. The molecule has 0 aliphatic heterocycles. The van der Waals surface area contributed by atoms with E-state index in [2.05, 4.69) is 176 Å². The average Bonchev–Trinajstić information content (AvgIpc) is 2.61. The van der Waals surface area contributed by atoms with Gasteiger partial charge in [-0.15, -0.1) is 142 Å². The van der Waals surface area contributed by atoms with Crippen molar-refractivity contribution in [2.75, 3.05) is 0 Å². The summed E-state index contributed by atoms with van der Waals surface area (Å²) in [6.07, 6.45) is 8.87. The van der Waals surface area contributed by atoms with Crippen molar-refractivity contribution >= 4 is 22.5 Å². The third-order valence-corrected chi connectivity index (χ3v) is 12.0. The summed E-state index contributed by atoms with van der Waals surface area (Å²) >= 11 is 0. The van der Waals surface area contributed by atoms with Crippen LogP contribution in [0.1, 0.15) is 56.9 Å². The van der Waals surface area contributed by atoms with Crippen LogP contribution in [0.5, 0.6) is 0 Å². The van der Waals surface area contributed by atoms with Crippen molar-refractivity contribution in [2.45, 2.75) is 61.8 Å². The van der Waals surface area contributed by atoms with Crippen LogP contribution in [0.2, 0.25) is 0 Å². The molecular weight excluding hydrogens is 1790 g/mol. The van der Waals surface area contributed by atoms with Gasteiger partial charge in [0.1, 0.15) is 0 Å². The van der Waals surface area contributed by atoms with E-state index < -0.39 is 0 Å². The van der Waals surface area contributed by atoms with Gasteiger partial charge in [-0.25, -0.2) is 0 Å². The predicted molar refractivity (Wildman–Crippen MR) is 340 cm³/mol. The minimum Gasteiger partial charge on any atom is -0.512 e. The number of fused-ring (bicyclic) bond motifs is 1. The molecule has 2 N–H and O–H groups in total. The molecule has 8 nitrogen and oxygen atoms in total. The fourth-order valence-corrected chi connectivity index (χ4v) is 8.31. The van der Waals surface area contributed by atoms with Crippen LogP contribution in [0.25, 0.3) is 78.2 Å². The normalized spacial score (nSPS) is 10.1. The molecule has 0 spiro atoms. The van der Waals surface area contributed by atoms with Crippen LogP contribution in [0.3, 0.4) is 0 Å². The van der Waals surface area contributed by atoms with E-state index in [-0.39, 0.29) is 104 Å². The summed E-state index contributed by atoms with van der Waals surface area (Å²) in [4.78, 5) is 37.8. The molecule has 0 saturated heterocycles. The molecule has 0 aliphatic carbocycles. The van der Waals surface area contributed by atoms with Crippen molar-refractivity contribution in [3.05, 3.63) is 301 Å². The maximum Gasteiger partial charge on any atom is 0.155 e. The molecule has 0 fully saturated rings. The third-order valence-electron chi connectivity index (χ3n) is 12.0. The number of carbonyl (C=O) groups excluding carboxylic acids is 2. The predicted octanol–water partition coefficient (Wildman–Crippen LogP) is 18.2. The molecule has 0 saturated carbocycles. The van der Waals surface area contributed by atoms with Gasteiger partial charge in [0.05, 0.1) is 17.0 Å². The summed E-state index contributed by atoms with van der Waals surface area (Å²) in [5.41, 5.74) is 18.9. The molecule has 4 aromatic heterocycles. The molecule has 0 amide bonds. The molecule has 87 heavy (non-hydrogen) atoms. The van der Waals surface area contributed by atoms with Crippen LogP contribution in [0, 0.1) is 45.0 Å². The summed E-state index contributed by atoms with van der Waals surface area (Å²) in [7, 11) is 0. The fraction of sp³-hybridized carbons (Fsp3) is 0.120. The van der Waals surface area contributed by atoms with Crippen molar-refractivity contribution in [3.8, 4) is 67.3 Å². The molecule has 0 bridgehead atoms. The van der Waals surface area contributed by atoms with Gasteiger partial charge < -0.3 is 25.2 Å². The van der Waals surface area contributed by atoms with E-state index in [1.807, 2.05) is 116 Å². The number of ketones is 2. The molecule has 452 valence electrons. The molecule has 7 aromatic carbocycles. The SMILES string of the molecule is CC(=O)C=C(C)O.CC(=O)C=C(C)O.CCc1ccnc(-c2[c-]ccc(-c3ccccc3)c2)c1.Cc1[c-]c(-c2ccc3ccccc3n2)cc(C)c1.Cc1cccc(-c2ccnc(-c3[c-]cccc3)c2)c1.[Ir].[Ir].[Ir].[Ir].[c-]1ccccc1-c1ccccn1. The number of hydrogen-bond acceptors (Lipinski definition) is 8. The molecule has 0 unspecified atom stereocenters. The van der Waals surface area contributed by atoms with Crippen molar-refractivity contribution in [1.82, 2.24) is 19.9 Å².